The molecule has 0 bridgehead atoms. The Bertz CT molecular complexity index is 779. The molecule has 1 N–H and O–H groups in total. The average molecular weight is 381 g/mol. The molecule has 27 heavy (non-hydrogen) atoms. The predicted octanol–water partition coefficient (Wildman–Crippen LogP) is 5.33. The number of hydrogen-bond donors (Lipinski definition) is 1. The van der Waals surface area contributed by atoms with Crippen LogP contribution in [0, 0.1) is 0 Å². The number of rotatable bonds is 6. The number of halogens is 3. The number of carbonyl (C=O) groups is 1. The van der Waals surface area contributed by atoms with Gasteiger partial charge in [-0.15, -0.1) is 0 Å². The van der Waals surface area contributed by atoms with Gasteiger partial charge in [0.2, 0.25) is 5.76 Å². The van der Waals surface area contributed by atoms with Gasteiger partial charge in [0.15, 0.2) is 0 Å². The molecule has 1 aromatic carbocycles. The van der Waals surface area contributed by atoms with Crippen molar-refractivity contribution in [2.75, 3.05) is 0 Å². The number of carboxylic acid groups (broad SMARTS) is 1. The summed E-state index contributed by atoms with van der Waals surface area (Å²) in [5.41, 5.74) is -0.0739. The van der Waals surface area contributed by atoms with Crippen molar-refractivity contribution >= 4 is 5.97 Å². The summed E-state index contributed by atoms with van der Waals surface area (Å²) in [6.45, 7) is 0.728. The molecule has 2 aromatic rings. The van der Waals surface area contributed by atoms with Crippen LogP contribution in [0.25, 0.3) is 0 Å². The molecule has 1 aromatic heterocycles. The summed E-state index contributed by atoms with van der Waals surface area (Å²) in [6.07, 6.45) is 0.919. The zero-order valence-electron chi connectivity index (χ0n) is 14.8. The highest BCUT2D eigenvalue weighted by molar-refractivity contribution is 5.84. The average Bonchev–Trinajstić information content (AvgIpc) is 3.10. The Hall–Kier alpha value is -2.28. The first-order chi connectivity index (χ1) is 12.8. The standard InChI is InChI=1S/C20H22F3NO3/c21-20(22,23)15-6-4-5-14(11-15)12-24(16-7-2-1-3-8-16)13-17-9-10-18(27-17)19(25)26/h4-6,9-11,16H,1-3,7-8,12-13H2,(H,25,26). The van der Waals surface area contributed by atoms with E-state index in [1.54, 1.807) is 12.1 Å². The molecule has 146 valence electrons. The van der Waals surface area contributed by atoms with Crippen LogP contribution in [0.2, 0.25) is 0 Å². The van der Waals surface area contributed by atoms with Gasteiger partial charge in [-0.2, -0.15) is 13.2 Å². The minimum atomic E-state index is -4.37. The van der Waals surface area contributed by atoms with Crippen molar-refractivity contribution in [2.24, 2.45) is 0 Å². The Morgan fingerprint density at radius 1 is 1.11 bits per heavy atom. The van der Waals surface area contributed by atoms with E-state index in [1.807, 2.05) is 0 Å². The van der Waals surface area contributed by atoms with E-state index in [9.17, 15) is 18.0 Å². The lowest BCUT2D eigenvalue weighted by Gasteiger charge is -2.34. The van der Waals surface area contributed by atoms with Gasteiger partial charge in [0.1, 0.15) is 5.76 Å². The van der Waals surface area contributed by atoms with Crippen molar-refractivity contribution in [3.63, 3.8) is 0 Å². The Morgan fingerprint density at radius 3 is 2.48 bits per heavy atom. The molecule has 0 spiro atoms. The first-order valence-electron chi connectivity index (χ1n) is 9.05. The molecule has 1 heterocycles. The Balaban J connectivity index is 1.80. The molecular formula is C20H22F3NO3. The maximum absolute atomic E-state index is 13.0. The van der Waals surface area contributed by atoms with Gasteiger partial charge in [0, 0.05) is 12.6 Å². The smallest absolute Gasteiger partial charge is 0.416 e. The van der Waals surface area contributed by atoms with E-state index >= 15 is 0 Å². The summed E-state index contributed by atoms with van der Waals surface area (Å²) in [7, 11) is 0. The molecule has 0 unspecified atom stereocenters. The molecule has 7 heteroatoms. The van der Waals surface area contributed by atoms with Crippen LogP contribution in [0.5, 0.6) is 0 Å². The highest BCUT2D eigenvalue weighted by atomic mass is 19.4. The van der Waals surface area contributed by atoms with Gasteiger partial charge in [0.05, 0.1) is 12.1 Å². The van der Waals surface area contributed by atoms with Crippen molar-refractivity contribution < 1.29 is 27.5 Å². The zero-order chi connectivity index (χ0) is 19.4. The van der Waals surface area contributed by atoms with Gasteiger partial charge in [-0.1, -0.05) is 37.5 Å². The second-order valence-electron chi connectivity index (χ2n) is 6.97. The Morgan fingerprint density at radius 2 is 1.85 bits per heavy atom. The number of alkyl halides is 3. The summed E-state index contributed by atoms with van der Waals surface area (Å²) in [5.74, 6) is -0.763. The lowest BCUT2D eigenvalue weighted by molar-refractivity contribution is -0.137. The number of carboxylic acids is 1. The van der Waals surface area contributed by atoms with Crippen LogP contribution >= 0.6 is 0 Å². The lowest BCUT2D eigenvalue weighted by atomic mass is 9.93. The lowest BCUT2D eigenvalue weighted by Crippen LogP contribution is -2.35. The van der Waals surface area contributed by atoms with E-state index < -0.39 is 17.7 Å². The molecule has 0 radical (unpaired) electrons. The second kappa shape index (κ2) is 8.17. The summed E-state index contributed by atoms with van der Waals surface area (Å²) < 4.78 is 44.4. The van der Waals surface area contributed by atoms with Crippen LogP contribution < -0.4 is 0 Å². The van der Waals surface area contributed by atoms with E-state index in [2.05, 4.69) is 4.90 Å². The molecule has 1 saturated carbocycles. The molecule has 0 atom stereocenters. The summed E-state index contributed by atoms with van der Waals surface area (Å²) in [4.78, 5) is 13.1. The van der Waals surface area contributed by atoms with E-state index in [4.69, 9.17) is 9.52 Å². The second-order valence-corrected chi connectivity index (χ2v) is 6.97. The van der Waals surface area contributed by atoms with Crippen LogP contribution in [0.1, 0.15) is 59.5 Å². The van der Waals surface area contributed by atoms with Crippen molar-refractivity contribution in [3.8, 4) is 0 Å². The maximum atomic E-state index is 13.0. The van der Waals surface area contributed by atoms with Gasteiger partial charge in [0.25, 0.3) is 0 Å². The fourth-order valence-electron chi connectivity index (χ4n) is 3.62. The van der Waals surface area contributed by atoms with Crippen molar-refractivity contribution in [2.45, 2.75) is 57.4 Å². The molecule has 4 nitrogen and oxygen atoms in total. The maximum Gasteiger partial charge on any atom is 0.416 e. The number of nitrogens with zero attached hydrogens (tertiary/aromatic N) is 1. The van der Waals surface area contributed by atoms with Crippen molar-refractivity contribution in [3.05, 3.63) is 59.0 Å². The topological polar surface area (TPSA) is 53.7 Å². The number of furan rings is 1. The molecule has 1 aliphatic rings. The predicted molar refractivity (Wildman–Crippen MR) is 93.2 cm³/mol. The van der Waals surface area contributed by atoms with Gasteiger partial charge in [-0.05, 0) is 36.6 Å². The third-order valence-electron chi connectivity index (χ3n) is 4.96. The van der Waals surface area contributed by atoms with Crippen LogP contribution in [-0.4, -0.2) is 22.0 Å². The fourth-order valence-corrected chi connectivity index (χ4v) is 3.62. The Labute approximate surface area is 155 Å². The largest absolute Gasteiger partial charge is 0.475 e. The molecule has 0 amide bonds. The molecular weight excluding hydrogens is 359 g/mol. The van der Waals surface area contributed by atoms with Gasteiger partial charge >= 0.3 is 12.1 Å². The third-order valence-corrected chi connectivity index (χ3v) is 4.96. The van der Waals surface area contributed by atoms with Crippen LogP contribution in [-0.2, 0) is 19.3 Å². The van der Waals surface area contributed by atoms with E-state index in [1.165, 1.54) is 18.2 Å². The van der Waals surface area contributed by atoms with E-state index in [-0.39, 0.29) is 11.8 Å². The van der Waals surface area contributed by atoms with Gasteiger partial charge in [-0.3, -0.25) is 4.90 Å². The molecule has 0 aliphatic heterocycles. The van der Waals surface area contributed by atoms with E-state index in [0.29, 0.717) is 24.4 Å². The Kier molecular flexibility index (Phi) is 5.89. The minimum absolute atomic E-state index is 0.132. The van der Waals surface area contributed by atoms with Crippen molar-refractivity contribution in [1.82, 2.24) is 4.90 Å². The third kappa shape index (κ3) is 5.13. The normalized spacial score (nSPS) is 16.0. The van der Waals surface area contributed by atoms with Crippen LogP contribution in [0.4, 0.5) is 13.2 Å². The van der Waals surface area contributed by atoms with Gasteiger partial charge in [-0.25, -0.2) is 4.79 Å². The summed E-state index contributed by atoms with van der Waals surface area (Å²) in [6, 6.07) is 8.63. The minimum Gasteiger partial charge on any atom is -0.475 e. The SMILES string of the molecule is O=C(O)c1ccc(CN(Cc2cccc(C(F)(F)F)c2)C2CCCCC2)o1. The van der Waals surface area contributed by atoms with Crippen LogP contribution in [0.3, 0.4) is 0 Å². The monoisotopic (exact) mass is 381 g/mol. The summed E-state index contributed by atoms with van der Waals surface area (Å²) in [5, 5.41) is 9.01. The van der Waals surface area contributed by atoms with Crippen molar-refractivity contribution in [1.29, 1.82) is 0 Å². The highest BCUT2D eigenvalue weighted by Crippen LogP contribution is 2.31. The fraction of sp³-hybridized carbons (Fsp3) is 0.450. The van der Waals surface area contributed by atoms with Gasteiger partial charge < -0.3 is 9.52 Å². The first-order valence-corrected chi connectivity index (χ1v) is 9.05. The van der Waals surface area contributed by atoms with E-state index in [0.717, 1.165) is 38.2 Å². The summed E-state index contributed by atoms with van der Waals surface area (Å²) >= 11 is 0. The molecule has 0 saturated heterocycles. The number of hydrogen-bond acceptors (Lipinski definition) is 3. The quantitative estimate of drug-likeness (QED) is 0.735. The van der Waals surface area contributed by atoms with Crippen LogP contribution in [0.15, 0.2) is 40.8 Å². The number of benzene rings is 1. The first kappa shape index (κ1) is 19.5. The molecule has 1 aliphatic carbocycles. The molecule has 3 rings (SSSR count). The zero-order valence-corrected chi connectivity index (χ0v) is 14.8. The highest BCUT2D eigenvalue weighted by Gasteiger charge is 2.31. The molecule has 1 fully saturated rings. The number of aromatic carboxylic acids is 1.